The molecule has 0 N–H and O–H groups in total. The van der Waals surface area contributed by atoms with E-state index in [0.29, 0.717) is 0 Å². The van der Waals surface area contributed by atoms with Crippen LogP contribution in [0.25, 0.3) is 0 Å². The third-order valence-corrected chi connectivity index (χ3v) is 2.33. The monoisotopic (exact) mass is 128 g/mol. The lowest BCUT2D eigenvalue weighted by Gasteiger charge is -2.24. The molecule has 0 radical (unpaired) electrons. The van der Waals surface area contributed by atoms with Crippen LogP contribution in [-0.4, -0.2) is 0 Å². The number of rotatable bonds is 1. The van der Waals surface area contributed by atoms with Crippen LogP contribution < -0.4 is 0 Å². The lowest BCUT2D eigenvalue weighted by Crippen LogP contribution is -2.12. The third-order valence-electron chi connectivity index (χ3n) is 2.33. The van der Waals surface area contributed by atoms with Crippen LogP contribution in [0.15, 0.2) is 0 Å². The minimum absolute atomic E-state index is 0.742. The van der Waals surface area contributed by atoms with Crippen LogP contribution in [0.5, 0.6) is 0 Å². The Kier molecular flexibility index (Phi) is 1.71. The molecule has 0 saturated heterocycles. The van der Waals surface area contributed by atoms with Gasteiger partial charge in [-0.1, -0.05) is 45.9 Å². The molecular weight excluding hydrogens is 108 g/mol. The second kappa shape index (κ2) is 3.24. The maximum Gasteiger partial charge on any atom is 0.0267 e. The van der Waals surface area contributed by atoms with Crippen molar-refractivity contribution in [1.29, 1.82) is 0 Å². The average molecular weight is 128 g/mol. The fraction of sp³-hybridized carbons (Fsp3) is 1.00. The quantitative estimate of drug-likeness (QED) is 0.508. The van der Waals surface area contributed by atoms with Crippen LogP contribution in [0.1, 0.15) is 48.6 Å². The van der Waals surface area contributed by atoms with Gasteiger partial charge in [-0.25, -0.2) is 0 Å². The van der Waals surface area contributed by atoms with Gasteiger partial charge < -0.3 is 0 Å². The van der Waals surface area contributed by atoms with Crippen molar-refractivity contribution < 1.29 is 2.74 Å². The predicted octanol–water partition coefficient (Wildman–Crippen LogP) is 3.22. The van der Waals surface area contributed by atoms with Gasteiger partial charge in [0.05, 0.1) is 0 Å². The molecule has 0 aromatic carbocycles. The maximum atomic E-state index is 7.52. The van der Waals surface area contributed by atoms with Crippen molar-refractivity contribution in [3.05, 3.63) is 0 Å². The van der Waals surface area contributed by atoms with Crippen molar-refractivity contribution in [2.45, 2.75) is 45.9 Å². The molecule has 0 atom stereocenters. The zero-order chi connectivity index (χ0) is 8.48. The van der Waals surface area contributed by atoms with Gasteiger partial charge in [-0.15, -0.1) is 0 Å². The van der Waals surface area contributed by atoms with Crippen LogP contribution in [0.3, 0.4) is 0 Å². The van der Waals surface area contributed by atoms with Gasteiger partial charge in [0, 0.05) is 2.74 Å². The third kappa shape index (κ3) is 2.00. The number of hydrogen-bond acceptors (Lipinski definition) is 0. The van der Waals surface area contributed by atoms with Crippen molar-refractivity contribution in [3.8, 4) is 0 Å². The first-order valence-electron chi connectivity index (χ1n) is 5.01. The van der Waals surface area contributed by atoms with Gasteiger partial charge in [-0.2, -0.15) is 0 Å². The van der Waals surface area contributed by atoms with Crippen LogP contribution >= 0.6 is 0 Å². The van der Waals surface area contributed by atoms with Gasteiger partial charge in [0.15, 0.2) is 0 Å². The largest absolute Gasteiger partial charge is 0.0625 e. The lowest BCUT2D eigenvalue weighted by atomic mass is 9.82. The molecule has 0 amide bonds. The standard InChI is InChI=1S/C9H18/c1-8(2)9-6-4-3-5-7-9/h8-9H,3-7H2,1-2H3/i3D2. The molecule has 0 aromatic rings. The highest BCUT2D eigenvalue weighted by Crippen LogP contribution is 2.29. The van der Waals surface area contributed by atoms with Crippen LogP contribution in [0.2, 0.25) is 0 Å². The molecule has 0 unspecified atom stereocenters. The molecule has 0 heteroatoms. The highest BCUT2D eigenvalue weighted by atomic mass is 14.2. The van der Waals surface area contributed by atoms with E-state index in [1.807, 2.05) is 0 Å². The van der Waals surface area contributed by atoms with E-state index in [0.717, 1.165) is 37.5 Å². The molecule has 54 valence electrons. The molecule has 0 bridgehead atoms. The fourth-order valence-corrected chi connectivity index (χ4v) is 1.51. The first-order valence-corrected chi connectivity index (χ1v) is 4.01. The average Bonchev–Trinajstić information content (AvgIpc) is 1.86. The highest BCUT2D eigenvalue weighted by molar-refractivity contribution is 4.67. The Morgan fingerprint density at radius 3 is 2.33 bits per heavy atom. The predicted molar refractivity (Wildman–Crippen MR) is 41.4 cm³/mol. The van der Waals surface area contributed by atoms with E-state index in [9.17, 15) is 0 Å². The van der Waals surface area contributed by atoms with Gasteiger partial charge in [-0.3, -0.25) is 0 Å². The summed E-state index contributed by atoms with van der Waals surface area (Å²) in [6.45, 7) is 4.48. The van der Waals surface area contributed by atoms with E-state index in [2.05, 4.69) is 13.8 Å². The van der Waals surface area contributed by atoms with Crippen molar-refractivity contribution >= 4 is 0 Å². The summed E-state index contributed by atoms with van der Waals surface area (Å²) in [4.78, 5) is 0. The summed E-state index contributed by atoms with van der Waals surface area (Å²) in [5.41, 5.74) is 0. The molecular formula is C9H18. The topological polar surface area (TPSA) is 0 Å². The van der Waals surface area contributed by atoms with E-state index in [1.54, 1.807) is 0 Å². The molecule has 1 fully saturated rings. The van der Waals surface area contributed by atoms with Crippen molar-refractivity contribution in [3.63, 3.8) is 0 Å². The Morgan fingerprint density at radius 1 is 1.33 bits per heavy atom. The SMILES string of the molecule is [2H]C1([2H])CCC(C(C)C)CC1. The van der Waals surface area contributed by atoms with Crippen LogP contribution in [-0.2, 0) is 0 Å². The van der Waals surface area contributed by atoms with Gasteiger partial charge in [0.1, 0.15) is 0 Å². The van der Waals surface area contributed by atoms with E-state index < -0.39 is 6.37 Å². The van der Waals surface area contributed by atoms with Crippen molar-refractivity contribution in [2.24, 2.45) is 11.8 Å². The van der Waals surface area contributed by atoms with Crippen LogP contribution in [0.4, 0.5) is 0 Å². The van der Waals surface area contributed by atoms with Crippen molar-refractivity contribution in [1.82, 2.24) is 0 Å². The van der Waals surface area contributed by atoms with Gasteiger partial charge in [0.2, 0.25) is 0 Å². The number of hydrogen-bond donors (Lipinski definition) is 0. The summed E-state index contributed by atoms with van der Waals surface area (Å²) >= 11 is 0. The van der Waals surface area contributed by atoms with Crippen LogP contribution in [0, 0.1) is 11.8 Å². The molecule has 1 rings (SSSR count). The Labute approximate surface area is 61.5 Å². The van der Waals surface area contributed by atoms with Gasteiger partial charge in [0.25, 0.3) is 0 Å². The summed E-state index contributed by atoms with van der Waals surface area (Å²) in [6.07, 6.45) is 2.87. The molecule has 0 aliphatic heterocycles. The highest BCUT2D eigenvalue weighted by Gasteiger charge is 2.15. The summed E-state index contributed by atoms with van der Waals surface area (Å²) in [5, 5.41) is 0. The first-order chi connectivity index (χ1) is 5.01. The molecule has 1 aliphatic carbocycles. The second-order valence-corrected chi connectivity index (χ2v) is 3.33. The molecule has 0 spiro atoms. The fourth-order valence-electron chi connectivity index (χ4n) is 1.51. The summed E-state index contributed by atoms with van der Waals surface area (Å²) in [5.74, 6) is 1.52. The van der Waals surface area contributed by atoms with E-state index in [-0.39, 0.29) is 0 Å². The first kappa shape index (κ1) is 4.76. The Hall–Kier alpha value is 0. The smallest absolute Gasteiger partial charge is 0.0267 e. The minimum Gasteiger partial charge on any atom is -0.0625 e. The molecule has 0 aromatic heterocycles. The Balaban J connectivity index is 2.36. The molecule has 0 heterocycles. The zero-order valence-corrected chi connectivity index (χ0v) is 6.48. The Bertz CT molecular complexity index is 120. The van der Waals surface area contributed by atoms with Crippen molar-refractivity contribution in [2.75, 3.05) is 0 Å². The van der Waals surface area contributed by atoms with E-state index in [4.69, 9.17) is 2.74 Å². The lowest BCUT2D eigenvalue weighted by molar-refractivity contribution is 0.279. The maximum absolute atomic E-state index is 7.52. The summed E-state index contributed by atoms with van der Waals surface area (Å²) < 4.78 is 15.0. The molecule has 0 nitrogen and oxygen atoms in total. The molecule has 1 saturated carbocycles. The van der Waals surface area contributed by atoms with E-state index in [1.165, 1.54) is 0 Å². The minimum atomic E-state index is -0.856. The molecule has 9 heavy (non-hydrogen) atoms. The van der Waals surface area contributed by atoms with E-state index >= 15 is 0 Å². The van der Waals surface area contributed by atoms with Gasteiger partial charge >= 0.3 is 0 Å². The second-order valence-electron chi connectivity index (χ2n) is 3.33. The van der Waals surface area contributed by atoms with Gasteiger partial charge in [-0.05, 0) is 11.8 Å². The summed E-state index contributed by atoms with van der Waals surface area (Å²) in [6, 6.07) is 0. The summed E-state index contributed by atoms with van der Waals surface area (Å²) in [7, 11) is 0. The zero-order valence-electron chi connectivity index (χ0n) is 8.48. The Morgan fingerprint density at radius 2 is 1.89 bits per heavy atom. The normalized spacial score (nSPS) is 31.9. The molecule has 1 aliphatic rings.